The smallest absolute Gasteiger partial charge is 0.251 e. The molecule has 3 rings (SSSR count). The lowest BCUT2D eigenvalue weighted by molar-refractivity contribution is -0.0199. The van der Waals surface area contributed by atoms with Crippen molar-refractivity contribution in [2.45, 2.75) is 13.0 Å². The largest absolute Gasteiger partial charge is 0.491 e. The molecule has 0 aliphatic carbocycles. The number of ether oxygens (including phenoxy) is 20. The molecule has 0 saturated carbocycles. The van der Waals surface area contributed by atoms with Gasteiger partial charge in [0.15, 0.2) is 0 Å². The predicted octanol–water partition coefficient (Wildman–Crippen LogP) is 3.94. The molecule has 0 saturated heterocycles. The normalized spacial score (nSPS) is 11.5. The first kappa shape index (κ1) is 77.6. The van der Waals surface area contributed by atoms with Crippen molar-refractivity contribution in [3.63, 3.8) is 0 Å². The monoisotopic (exact) mass is 1460 g/mol. The third kappa shape index (κ3) is 45.3. The van der Waals surface area contributed by atoms with Gasteiger partial charge in [-0.05, 0) is 87.9 Å². The molecule has 3 heterocycles. The molecule has 490 valence electrons. The Morgan fingerprint density at radius 3 is 0.874 bits per heavy atom. The number of hydrogen-bond donors (Lipinski definition) is 1. The zero-order valence-electron chi connectivity index (χ0n) is 51.0. The lowest BCUT2D eigenvalue weighted by Crippen LogP contribution is -2.36. The Balaban J connectivity index is 1.47. The Hall–Kier alpha value is -3.62. The van der Waals surface area contributed by atoms with Gasteiger partial charge in [-0.15, -0.1) is 0 Å². The van der Waals surface area contributed by atoms with Gasteiger partial charge >= 0.3 is 0 Å². The van der Waals surface area contributed by atoms with E-state index in [2.05, 4.69) is 84.1 Å². The van der Waals surface area contributed by atoms with Gasteiger partial charge in [0.1, 0.15) is 54.9 Å². The average molecular weight is 1460 g/mol. The SMILES string of the molecule is COCCOCCOCCOCCOCCOCCOCCOc1cc(I)nc(C#Cc2cc(C(=O)N[C@@H](C)COCCOCCOCCOC)cc(C#Cc3cc(OCCOCCOCCOCCOCCOCCOCCOC)cc(I)n3)n2)c1. The topological polar surface area (TPSA) is 252 Å². The maximum Gasteiger partial charge on any atom is 0.251 e. The van der Waals surface area contributed by atoms with E-state index < -0.39 is 0 Å². The molecule has 1 N–H and O–H groups in total. The first-order chi connectivity index (χ1) is 42.8. The van der Waals surface area contributed by atoms with E-state index in [1.165, 1.54) is 0 Å². The van der Waals surface area contributed by atoms with Crippen molar-refractivity contribution >= 4 is 51.1 Å². The second kappa shape index (κ2) is 56.4. The number of carbonyl (C=O) groups excluding carboxylic acids is 1. The number of rotatable bonds is 57. The second-order valence-electron chi connectivity index (χ2n) is 17.8. The van der Waals surface area contributed by atoms with Crippen molar-refractivity contribution in [2.24, 2.45) is 0 Å². The lowest BCUT2D eigenvalue weighted by Gasteiger charge is -2.15. The van der Waals surface area contributed by atoms with Crippen LogP contribution in [0, 0.1) is 31.1 Å². The van der Waals surface area contributed by atoms with E-state index in [9.17, 15) is 4.79 Å². The highest BCUT2D eigenvalue weighted by atomic mass is 127. The fraction of sp³-hybridized carbons (Fsp3) is 0.667. The van der Waals surface area contributed by atoms with Crippen molar-refractivity contribution < 1.29 is 99.5 Å². The summed E-state index contributed by atoms with van der Waals surface area (Å²) in [4.78, 5) is 27.6. The van der Waals surface area contributed by atoms with E-state index in [0.29, 0.717) is 272 Å². The van der Waals surface area contributed by atoms with Gasteiger partial charge in [-0.3, -0.25) is 4.79 Å². The lowest BCUT2D eigenvalue weighted by atomic mass is 10.1. The quantitative estimate of drug-likeness (QED) is 0.0364. The first-order valence-electron chi connectivity index (χ1n) is 28.9. The van der Waals surface area contributed by atoms with Crippen LogP contribution in [0.15, 0.2) is 36.4 Å². The molecule has 3 aromatic heterocycles. The Morgan fingerprint density at radius 1 is 0.356 bits per heavy atom. The van der Waals surface area contributed by atoms with Crippen molar-refractivity contribution in [1.29, 1.82) is 0 Å². The second-order valence-corrected chi connectivity index (χ2v) is 20.1. The summed E-state index contributed by atoms with van der Waals surface area (Å²) in [6, 6.07) is 9.93. The van der Waals surface area contributed by atoms with E-state index in [4.69, 9.17) is 99.7 Å². The molecule has 0 aromatic carbocycles. The van der Waals surface area contributed by atoms with Crippen molar-refractivity contribution in [1.82, 2.24) is 20.3 Å². The van der Waals surface area contributed by atoms with Crippen LogP contribution in [-0.2, 0) is 85.3 Å². The van der Waals surface area contributed by atoms with Crippen LogP contribution in [0.25, 0.3) is 0 Å². The number of carbonyl (C=O) groups is 1. The van der Waals surface area contributed by atoms with Crippen LogP contribution in [0.1, 0.15) is 40.1 Å². The summed E-state index contributed by atoms with van der Waals surface area (Å²) in [5.41, 5.74) is 1.75. The molecule has 0 spiro atoms. The summed E-state index contributed by atoms with van der Waals surface area (Å²) >= 11 is 4.22. The molecule has 0 unspecified atom stereocenters. The van der Waals surface area contributed by atoms with Crippen LogP contribution >= 0.6 is 45.2 Å². The highest BCUT2D eigenvalue weighted by Crippen LogP contribution is 2.17. The van der Waals surface area contributed by atoms with Crippen LogP contribution in [0.3, 0.4) is 0 Å². The summed E-state index contributed by atoms with van der Waals surface area (Å²) in [5, 5.41) is 2.99. The van der Waals surface area contributed by atoms with Crippen molar-refractivity contribution in [2.75, 3.05) is 253 Å². The Morgan fingerprint density at radius 2 is 0.598 bits per heavy atom. The van der Waals surface area contributed by atoms with Crippen LogP contribution in [0.4, 0.5) is 0 Å². The van der Waals surface area contributed by atoms with Gasteiger partial charge in [0.05, 0.1) is 218 Å². The number of methoxy groups -OCH3 is 3. The van der Waals surface area contributed by atoms with Gasteiger partial charge in [0, 0.05) is 57.2 Å². The first-order valence-corrected chi connectivity index (χ1v) is 31.1. The summed E-state index contributed by atoms with van der Waals surface area (Å²) in [6.45, 7) is 17.6. The number of aromatic nitrogens is 3. The van der Waals surface area contributed by atoms with Crippen molar-refractivity contribution in [3.8, 4) is 35.2 Å². The maximum absolute atomic E-state index is 13.7. The molecule has 0 aliphatic rings. The van der Waals surface area contributed by atoms with Gasteiger partial charge in [-0.1, -0.05) is 0 Å². The Kier molecular flexibility index (Phi) is 50.3. The van der Waals surface area contributed by atoms with Crippen LogP contribution in [-0.4, -0.2) is 279 Å². The number of halogens is 2. The zero-order valence-corrected chi connectivity index (χ0v) is 55.3. The third-order valence-electron chi connectivity index (χ3n) is 10.8. The van der Waals surface area contributed by atoms with E-state index >= 15 is 0 Å². The van der Waals surface area contributed by atoms with Gasteiger partial charge in [-0.25, -0.2) is 15.0 Å². The number of amides is 1. The number of hydrogen-bond acceptors (Lipinski definition) is 24. The van der Waals surface area contributed by atoms with E-state index in [-0.39, 0.29) is 18.6 Å². The molecule has 3 aromatic rings. The molecule has 0 aliphatic heterocycles. The molecule has 87 heavy (non-hydrogen) atoms. The van der Waals surface area contributed by atoms with Crippen LogP contribution < -0.4 is 14.8 Å². The highest BCUT2D eigenvalue weighted by molar-refractivity contribution is 14.1. The summed E-state index contributed by atoms with van der Waals surface area (Å²) in [7, 11) is 4.90. The van der Waals surface area contributed by atoms with Gasteiger partial charge in [-0.2, -0.15) is 0 Å². The highest BCUT2D eigenvalue weighted by Gasteiger charge is 2.13. The Bertz CT molecular complexity index is 2180. The Labute approximate surface area is 540 Å². The molecule has 0 bridgehead atoms. The number of nitrogens with one attached hydrogen (secondary N) is 1. The molecular formula is C60H90I2N4O21. The maximum atomic E-state index is 13.7. The number of nitrogens with zero attached hydrogens (tertiary/aromatic N) is 3. The number of pyridine rings is 3. The van der Waals surface area contributed by atoms with Crippen LogP contribution in [0.5, 0.6) is 11.5 Å². The summed E-state index contributed by atoms with van der Waals surface area (Å²) < 4.78 is 111. The molecule has 0 fully saturated rings. The van der Waals surface area contributed by atoms with E-state index in [1.807, 2.05) is 6.92 Å². The third-order valence-corrected chi connectivity index (χ3v) is 11.9. The van der Waals surface area contributed by atoms with Gasteiger partial charge in [0.2, 0.25) is 0 Å². The summed E-state index contributed by atoms with van der Waals surface area (Å²) in [6.07, 6.45) is 0. The molecule has 1 atom stereocenters. The predicted molar refractivity (Wildman–Crippen MR) is 336 cm³/mol. The van der Waals surface area contributed by atoms with Gasteiger partial charge in [0.25, 0.3) is 5.91 Å². The summed E-state index contributed by atoms with van der Waals surface area (Å²) in [5.74, 6) is 13.1. The fourth-order valence-corrected chi connectivity index (χ4v) is 7.74. The average Bonchev–Trinajstić information content (AvgIpc) is 3.69. The molecule has 0 radical (unpaired) electrons. The molecule has 25 nitrogen and oxygen atoms in total. The standard InChI is InChI=1S/C60H90I2N4O21/c1-50(49-85-38-37-82-20-17-73-14-11-70-4)63-60(67)51-43-52(5-7-54-45-56(47-58(61)65-54)86-41-39-83-35-33-80-31-29-78-27-25-76-23-21-74-18-15-71-12-9-68-2)64-53(44-51)6-8-55-46-57(48-59(62)66-55)87-42-40-84-36-34-81-32-30-79-28-26-77-24-22-75-19-16-72-13-10-69-3/h43-48,50H,9-42,49H2,1-4H3,(H,63,67)/t50-/m0/s1. The van der Waals surface area contributed by atoms with Gasteiger partial charge < -0.3 is 100 Å². The molecular weight excluding hydrogens is 1370 g/mol. The van der Waals surface area contributed by atoms with E-state index in [0.717, 1.165) is 0 Å². The van der Waals surface area contributed by atoms with E-state index in [1.54, 1.807) is 57.7 Å². The van der Waals surface area contributed by atoms with Crippen molar-refractivity contribution in [3.05, 3.63) is 72.1 Å². The molecule has 27 heteroatoms. The minimum absolute atomic E-state index is 0.260. The molecule has 1 amide bonds. The minimum atomic E-state index is -0.361. The fourth-order valence-electron chi connectivity index (χ4n) is 6.60. The minimum Gasteiger partial charge on any atom is -0.491 e. The van der Waals surface area contributed by atoms with Crippen LogP contribution in [0.2, 0.25) is 0 Å². The zero-order chi connectivity index (χ0) is 62.1.